The number of ether oxygens (including phenoxy) is 1. The zero-order valence-corrected chi connectivity index (χ0v) is 11.3. The number of amides is 1. The fourth-order valence-corrected chi connectivity index (χ4v) is 1.72. The average molecular weight is 314 g/mol. The maximum Gasteiger partial charge on any atom is 0.387 e. The number of furan rings is 1. The predicted molar refractivity (Wildman–Crippen MR) is 74.5 cm³/mol. The molecule has 0 aliphatic carbocycles. The van der Waals surface area contributed by atoms with Gasteiger partial charge >= 0.3 is 6.61 Å². The van der Waals surface area contributed by atoms with E-state index in [2.05, 4.69) is 10.1 Å². The first-order chi connectivity index (χ1) is 10.0. The van der Waals surface area contributed by atoms with E-state index in [1.807, 2.05) is 0 Å². The van der Waals surface area contributed by atoms with Crippen molar-refractivity contribution >= 4 is 29.3 Å². The first-order valence-electron chi connectivity index (χ1n) is 5.81. The molecule has 0 spiro atoms. The van der Waals surface area contributed by atoms with E-state index in [1.54, 1.807) is 12.1 Å². The molecule has 1 heterocycles. The maximum atomic E-state index is 12.1. The van der Waals surface area contributed by atoms with Crippen LogP contribution in [-0.2, 0) is 4.79 Å². The summed E-state index contributed by atoms with van der Waals surface area (Å²) in [5, 5.41) is 2.51. The van der Waals surface area contributed by atoms with Crippen molar-refractivity contribution in [3.63, 3.8) is 0 Å². The highest BCUT2D eigenvalue weighted by Crippen LogP contribution is 2.28. The van der Waals surface area contributed by atoms with Gasteiger partial charge in [-0.3, -0.25) is 4.79 Å². The standard InChI is InChI=1S/C14H10ClF2NO3/c15-11-8-9(3-5-12(11)21-14(16)17)18-13(19)6-4-10-2-1-7-20-10/h1-8,14H,(H,18,19). The van der Waals surface area contributed by atoms with E-state index in [1.165, 1.54) is 36.6 Å². The molecule has 21 heavy (non-hydrogen) atoms. The molecule has 0 unspecified atom stereocenters. The molecule has 2 rings (SSSR count). The summed E-state index contributed by atoms with van der Waals surface area (Å²) in [7, 11) is 0. The van der Waals surface area contributed by atoms with Crippen LogP contribution in [0, 0.1) is 0 Å². The van der Waals surface area contributed by atoms with Gasteiger partial charge in [-0.2, -0.15) is 8.78 Å². The largest absolute Gasteiger partial charge is 0.465 e. The highest BCUT2D eigenvalue weighted by Gasteiger charge is 2.09. The van der Waals surface area contributed by atoms with Crippen LogP contribution in [0.1, 0.15) is 5.76 Å². The van der Waals surface area contributed by atoms with Gasteiger partial charge in [0.15, 0.2) is 0 Å². The van der Waals surface area contributed by atoms with E-state index >= 15 is 0 Å². The molecule has 0 fully saturated rings. The quantitative estimate of drug-likeness (QED) is 0.842. The van der Waals surface area contributed by atoms with Crippen LogP contribution in [0.15, 0.2) is 47.1 Å². The second kappa shape index (κ2) is 6.90. The Kier molecular flexibility index (Phi) is 4.94. The molecule has 0 bridgehead atoms. The Balaban J connectivity index is 1.99. The third-order valence-electron chi connectivity index (χ3n) is 2.36. The van der Waals surface area contributed by atoms with E-state index in [0.29, 0.717) is 11.4 Å². The molecule has 110 valence electrons. The SMILES string of the molecule is O=C(C=Cc1ccco1)Nc1ccc(OC(F)F)c(Cl)c1. The van der Waals surface area contributed by atoms with Gasteiger partial charge in [0.2, 0.25) is 5.91 Å². The third-order valence-corrected chi connectivity index (χ3v) is 2.65. The van der Waals surface area contributed by atoms with Crippen LogP contribution < -0.4 is 10.1 Å². The van der Waals surface area contributed by atoms with Gasteiger partial charge in [-0.25, -0.2) is 0 Å². The van der Waals surface area contributed by atoms with Gasteiger partial charge < -0.3 is 14.5 Å². The molecular formula is C14H10ClF2NO3. The number of benzene rings is 1. The van der Waals surface area contributed by atoms with Crippen molar-refractivity contribution in [2.24, 2.45) is 0 Å². The van der Waals surface area contributed by atoms with Crippen molar-refractivity contribution < 1.29 is 22.7 Å². The molecule has 1 N–H and O–H groups in total. The monoisotopic (exact) mass is 313 g/mol. The van der Waals surface area contributed by atoms with E-state index in [4.69, 9.17) is 16.0 Å². The summed E-state index contributed by atoms with van der Waals surface area (Å²) in [5.41, 5.74) is 0.357. The van der Waals surface area contributed by atoms with Gasteiger partial charge in [0.1, 0.15) is 11.5 Å². The Hall–Kier alpha value is -2.34. The van der Waals surface area contributed by atoms with Crippen molar-refractivity contribution in [1.29, 1.82) is 0 Å². The van der Waals surface area contributed by atoms with Gasteiger partial charge in [0.25, 0.3) is 0 Å². The minimum absolute atomic E-state index is 0.0249. The molecule has 4 nitrogen and oxygen atoms in total. The molecule has 7 heteroatoms. The molecule has 1 aromatic carbocycles. The smallest absolute Gasteiger partial charge is 0.387 e. The van der Waals surface area contributed by atoms with Crippen molar-refractivity contribution in [3.8, 4) is 5.75 Å². The van der Waals surface area contributed by atoms with E-state index in [9.17, 15) is 13.6 Å². The van der Waals surface area contributed by atoms with Crippen LogP contribution in [-0.4, -0.2) is 12.5 Å². The Labute approximate surface area is 124 Å². The van der Waals surface area contributed by atoms with E-state index in [-0.39, 0.29) is 10.8 Å². The first kappa shape index (κ1) is 15.1. The molecule has 0 atom stereocenters. The summed E-state index contributed by atoms with van der Waals surface area (Å²) in [6.07, 6.45) is 4.25. The summed E-state index contributed by atoms with van der Waals surface area (Å²) >= 11 is 5.77. The molecule has 0 saturated carbocycles. The minimum atomic E-state index is -2.96. The van der Waals surface area contributed by atoms with E-state index in [0.717, 1.165) is 0 Å². The lowest BCUT2D eigenvalue weighted by atomic mass is 10.3. The molecule has 0 aliphatic rings. The normalized spacial score (nSPS) is 11.0. The number of halogens is 3. The van der Waals surface area contributed by atoms with Gasteiger partial charge in [0.05, 0.1) is 11.3 Å². The second-order valence-corrected chi connectivity index (χ2v) is 4.27. The molecule has 0 saturated heterocycles. The van der Waals surface area contributed by atoms with Gasteiger partial charge in [-0.15, -0.1) is 0 Å². The number of anilines is 1. The summed E-state index contributed by atoms with van der Waals surface area (Å²) in [6.45, 7) is -2.96. The summed E-state index contributed by atoms with van der Waals surface area (Å²) in [5.74, 6) is -0.0374. The van der Waals surface area contributed by atoms with Crippen LogP contribution in [0.5, 0.6) is 5.75 Å². The molecule has 1 aromatic heterocycles. The van der Waals surface area contributed by atoms with Crippen LogP contribution in [0.25, 0.3) is 6.08 Å². The second-order valence-electron chi connectivity index (χ2n) is 3.86. The Bertz CT molecular complexity index is 642. The lowest BCUT2D eigenvalue weighted by Gasteiger charge is -2.08. The zero-order chi connectivity index (χ0) is 15.2. The van der Waals surface area contributed by atoms with Gasteiger partial charge in [-0.05, 0) is 36.4 Å². The van der Waals surface area contributed by atoms with Crippen molar-refractivity contribution in [2.75, 3.05) is 5.32 Å². The number of carbonyl (C=O) groups excluding carboxylic acids is 1. The van der Waals surface area contributed by atoms with E-state index < -0.39 is 12.5 Å². The van der Waals surface area contributed by atoms with Crippen molar-refractivity contribution in [1.82, 2.24) is 0 Å². The summed E-state index contributed by atoms with van der Waals surface area (Å²) < 4.78 is 33.4. The molecular weight excluding hydrogens is 304 g/mol. The first-order valence-corrected chi connectivity index (χ1v) is 6.19. The fraction of sp³-hybridized carbons (Fsp3) is 0.0714. The molecule has 1 amide bonds. The predicted octanol–water partition coefficient (Wildman–Crippen LogP) is 4.19. The highest BCUT2D eigenvalue weighted by atomic mass is 35.5. The molecule has 0 radical (unpaired) electrons. The lowest BCUT2D eigenvalue weighted by Crippen LogP contribution is -2.08. The number of nitrogens with one attached hydrogen (secondary N) is 1. The van der Waals surface area contributed by atoms with Crippen molar-refractivity contribution in [2.45, 2.75) is 6.61 Å². The number of rotatable bonds is 5. The van der Waals surface area contributed by atoms with Gasteiger partial charge in [0, 0.05) is 11.8 Å². The fourth-order valence-electron chi connectivity index (χ4n) is 1.50. The average Bonchev–Trinajstić information content (AvgIpc) is 2.92. The summed E-state index contributed by atoms with van der Waals surface area (Å²) in [4.78, 5) is 11.6. The Morgan fingerprint density at radius 2 is 2.19 bits per heavy atom. The summed E-state index contributed by atoms with van der Waals surface area (Å²) in [6, 6.07) is 7.36. The number of carbonyl (C=O) groups is 1. The minimum Gasteiger partial charge on any atom is -0.465 e. The van der Waals surface area contributed by atoms with Crippen LogP contribution >= 0.6 is 11.6 Å². The van der Waals surface area contributed by atoms with Crippen LogP contribution in [0.3, 0.4) is 0 Å². The number of hydrogen-bond donors (Lipinski definition) is 1. The van der Waals surface area contributed by atoms with Gasteiger partial charge in [-0.1, -0.05) is 11.6 Å². The van der Waals surface area contributed by atoms with Crippen molar-refractivity contribution in [3.05, 3.63) is 53.5 Å². The number of alkyl halides is 2. The maximum absolute atomic E-state index is 12.1. The lowest BCUT2D eigenvalue weighted by molar-refractivity contribution is -0.111. The van der Waals surface area contributed by atoms with Crippen LogP contribution in [0.4, 0.5) is 14.5 Å². The highest BCUT2D eigenvalue weighted by molar-refractivity contribution is 6.32. The Morgan fingerprint density at radius 1 is 1.38 bits per heavy atom. The Morgan fingerprint density at radius 3 is 2.81 bits per heavy atom. The topological polar surface area (TPSA) is 51.5 Å². The molecule has 0 aliphatic heterocycles. The number of hydrogen-bond acceptors (Lipinski definition) is 3. The third kappa shape index (κ3) is 4.61. The molecule has 2 aromatic rings. The van der Waals surface area contributed by atoms with Crippen LogP contribution in [0.2, 0.25) is 5.02 Å². The zero-order valence-electron chi connectivity index (χ0n) is 10.6.